The van der Waals surface area contributed by atoms with Crippen molar-refractivity contribution >= 4 is 51.3 Å². The summed E-state index contributed by atoms with van der Waals surface area (Å²) < 4.78 is 1.83. The minimum Gasteiger partial charge on any atom is -0.347 e. The van der Waals surface area contributed by atoms with E-state index in [1.807, 2.05) is 24.3 Å². The number of amides is 1. The maximum absolute atomic E-state index is 12.8. The molecule has 2 bridgehead atoms. The second-order valence-corrected chi connectivity index (χ2v) is 8.95. The molecular formula is C18H22Cl2N2OS. The normalized spacial score (nSPS) is 27.7. The Kier molecular flexibility index (Phi) is 4.86. The van der Waals surface area contributed by atoms with Gasteiger partial charge < -0.3 is 5.32 Å². The molecule has 0 unspecified atom stereocenters. The third-order valence-corrected chi connectivity index (χ3v) is 6.85. The second-order valence-electron chi connectivity index (χ2n) is 7.23. The Morgan fingerprint density at radius 3 is 2.67 bits per heavy atom. The lowest BCUT2D eigenvalue weighted by molar-refractivity contribution is -0.0378. The van der Waals surface area contributed by atoms with Gasteiger partial charge in [0.15, 0.2) is 0 Å². The summed E-state index contributed by atoms with van der Waals surface area (Å²) in [7, 11) is 0. The van der Waals surface area contributed by atoms with Gasteiger partial charge in [-0.15, -0.1) is 23.7 Å². The van der Waals surface area contributed by atoms with Crippen molar-refractivity contribution in [1.29, 1.82) is 0 Å². The Hall–Kier alpha value is -0.810. The molecule has 6 heteroatoms. The molecule has 3 fully saturated rings. The molecule has 1 atom stereocenters. The van der Waals surface area contributed by atoms with Gasteiger partial charge in [0.2, 0.25) is 0 Å². The van der Waals surface area contributed by atoms with Crippen molar-refractivity contribution in [3.63, 3.8) is 0 Å². The van der Waals surface area contributed by atoms with E-state index < -0.39 is 0 Å². The Morgan fingerprint density at radius 2 is 2.00 bits per heavy atom. The molecule has 0 saturated carbocycles. The Labute approximate surface area is 157 Å². The maximum atomic E-state index is 12.8. The highest BCUT2D eigenvalue weighted by molar-refractivity contribution is 7.22. The molecule has 1 aromatic carbocycles. The predicted molar refractivity (Wildman–Crippen MR) is 104 cm³/mol. The summed E-state index contributed by atoms with van der Waals surface area (Å²) in [6, 6.07) is 8.00. The topological polar surface area (TPSA) is 32.3 Å². The second kappa shape index (κ2) is 6.49. The van der Waals surface area contributed by atoms with Gasteiger partial charge in [-0.1, -0.05) is 17.7 Å². The summed E-state index contributed by atoms with van der Waals surface area (Å²) in [5.74, 6) is 0.627. The van der Waals surface area contributed by atoms with E-state index >= 15 is 0 Å². The Balaban J connectivity index is 0.00000169. The molecule has 3 saturated heterocycles. The van der Waals surface area contributed by atoms with Gasteiger partial charge in [0.25, 0.3) is 5.91 Å². The molecule has 1 amide bonds. The smallest absolute Gasteiger partial charge is 0.251 e. The number of rotatable bonds is 2. The average molecular weight is 385 g/mol. The van der Waals surface area contributed by atoms with Crippen LogP contribution in [0, 0.1) is 5.92 Å². The number of hydrogen-bond acceptors (Lipinski definition) is 3. The summed E-state index contributed by atoms with van der Waals surface area (Å²) in [5, 5.41) is 4.42. The van der Waals surface area contributed by atoms with Crippen molar-refractivity contribution in [2.24, 2.45) is 5.92 Å². The summed E-state index contributed by atoms with van der Waals surface area (Å²) in [6.45, 7) is 6.82. The molecule has 4 heterocycles. The molecule has 1 aromatic heterocycles. The van der Waals surface area contributed by atoms with Crippen molar-refractivity contribution in [2.45, 2.75) is 38.3 Å². The van der Waals surface area contributed by atoms with Crippen LogP contribution in [0.2, 0.25) is 4.34 Å². The van der Waals surface area contributed by atoms with E-state index in [1.54, 1.807) is 0 Å². The third kappa shape index (κ3) is 2.94. The number of carbonyl (C=O) groups excluding carboxylic acids is 1. The summed E-state index contributed by atoms with van der Waals surface area (Å²) >= 11 is 7.58. The zero-order valence-corrected chi connectivity index (χ0v) is 16.2. The lowest BCUT2D eigenvalue weighted by Crippen LogP contribution is -2.69. The van der Waals surface area contributed by atoms with Crippen LogP contribution in [-0.2, 0) is 0 Å². The van der Waals surface area contributed by atoms with Crippen molar-refractivity contribution in [1.82, 2.24) is 10.2 Å². The van der Waals surface area contributed by atoms with Crippen LogP contribution >= 0.6 is 35.3 Å². The van der Waals surface area contributed by atoms with Gasteiger partial charge in [0.1, 0.15) is 0 Å². The van der Waals surface area contributed by atoms with Crippen LogP contribution in [0.15, 0.2) is 24.3 Å². The van der Waals surface area contributed by atoms with E-state index in [-0.39, 0.29) is 29.9 Å². The molecule has 130 valence electrons. The molecule has 3 nitrogen and oxygen atoms in total. The van der Waals surface area contributed by atoms with E-state index in [9.17, 15) is 4.79 Å². The van der Waals surface area contributed by atoms with Crippen molar-refractivity contribution in [2.75, 3.05) is 13.1 Å². The standard InChI is InChI=1S/C18H21ClN2OS.ClH/c1-18(2)16(11-5-7-21(18)8-6-11)20-17(22)13-4-3-12-10-15(19)23-14(12)9-13;/h3-4,9-11,16H,5-8H2,1-2H3,(H,20,22);1H/t16-;/m1./s1. The molecule has 5 rings (SSSR count). The fraction of sp³-hybridized carbons (Fsp3) is 0.500. The molecule has 3 aliphatic rings. The predicted octanol–water partition coefficient (Wildman–Crippen LogP) is 4.58. The number of hydrogen-bond donors (Lipinski definition) is 1. The highest BCUT2D eigenvalue weighted by Gasteiger charge is 2.48. The number of nitrogens with zero attached hydrogens (tertiary/aromatic N) is 1. The quantitative estimate of drug-likeness (QED) is 0.821. The number of thiophene rings is 1. The average Bonchev–Trinajstić information content (AvgIpc) is 2.90. The number of nitrogens with one attached hydrogen (secondary N) is 1. The monoisotopic (exact) mass is 384 g/mol. The molecule has 0 radical (unpaired) electrons. The largest absolute Gasteiger partial charge is 0.347 e. The fourth-order valence-electron chi connectivity index (χ4n) is 4.24. The number of benzene rings is 1. The molecule has 24 heavy (non-hydrogen) atoms. The van der Waals surface area contributed by atoms with Gasteiger partial charge in [-0.25, -0.2) is 0 Å². The summed E-state index contributed by atoms with van der Waals surface area (Å²) in [6.07, 6.45) is 2.38. The van der Waals surface area contributed by atoms with E-state index in [2.05, 4.69) is 24.1 Å². The SMILES string of the molecule is CC1(C)[C@H](NC(=O)c2ccc3cc(Cl)sc3c2)C2CCN1CC2.Cl. The number of fused-ring (bicyclic) bond motifs is 4. The van der Waals surface area contributed by atoms with Gasteiger partial charge in [-0.3, -0.25) is 9.69 Å². The lowest BCUT2D eigenvalue weighted by Gasteiger charge is -2.56. The van der Waals surface area contributed by atoms with E-state index in [1.165, 1.54) is 24.2 Å². The van der Waals surface area contributed by atoms with Crippen LogP contribution in [0.1, 0.15) is 37.0 Å². The number of piperidine rings is 3. The maximum Gasteiger partial charge on any atom is 0.251 e. The molecule has 0 spiro atoms. The first-order chi connectivity index (χ1) is 10.9. The molecule has 1 N–H and O–H groups in total. The minimum atomic E-state index is 0. The molecule has 3 aliphatic heterocycles. The minimum absolute atomic E-state index is 0. The van der Waals surface area contributed by atoms with Crippen LogP contribution in [0.5, 0.6) is 0 Å². The first-order valence-corrected chi connectivity index (χ1v) is 9.39. The fourth-order valence-corrected chi connectivity index (χ4v) is 5.44. The number of halogens is 2. The molecule has 0 aliphatic carbocycles. The van der Waals surface area contributed by atoms with E-state index in [4.69, 9.17) is 11.6 Å². The van der Waals surface area contributed by atoms with Crippen molar-refractivity contribution in [3.05, 3.63) is 34.2 Å². The Bertz CT molecular complexity index is 765. The van der Waals surface area contributed by atoms with Crippen LogP contribution in [0.4, 0.5) is 0 Å². The zero-order valence-electron chi connectivity index (χ0n) is 13.8. The van der Waals surface area contributed by atoms with Gasteiger partial charge in [0, 0.05) is 21.8 Å². The van der Waals surface area contributed by atoms with Gasteiger partial charge in [-0.05, 0) is 69.3 Å². The van der Waals surface area contributed by atoms with Crippen molar-refractivity contribution < 1.29 is 4.79 Å². The van der Waals surface area contributed by atoms with Gasteiger partial charge >= 0.3 is 0 Å². The van der Waals surface area contributed by atoms with Crippen molar-refractivity contribution in [3.8, 4) is 0 Å². The highest BCUT2D eigenvalue weighted by Crippen LogP contribution is 2.39. The molecule has 2 aromatic rings. The van der Waals surface area contributed by atoms with Crippen LogP contribution in [0.25, 0.3) is 10.1 Å². The Morgan fingerprint density at radius 1 is 1.29 bits per heavy atom. The van der Waals surface area contributed by atoms with Crippen LogP contribution < -0.4 is 5.32 Å². The van der Waals surface area contributed by atoms with E-state index in [0.29, 0.717) is 5.92 Å². The summed E-state index contributed by atoms with van der Waals surface area (Å²) in [5.41, 5.74) is 0.760. The third-order valence-electron chi connectivity index (χ3n) is 5.63. The molecular weight excluding hydrogens is 363 g/mol. The zero-order chi connectivity index (χ0) is 16.2. The van der Waals surface area contributed by atoms with E-state index in [0.717, 1.165) is 33.1 Å². The first kappa shape index (κ1) is 18.0. The first-order valence-electron chi connectivity index (χ1n) is 8.20. The summed E-state index contributed by atoms with van der Waals surface area (Å²) in [4.78, 5) is 15.3. The lowest BCUT2D eigenvalue weighted by atomic mass is 9.72. The van der Waals surface area contributed by atoms with Gasteiger partial charge in [0.05, 0.1) is 4.34 Å². The van der Waals surface area contributed by atoms with Crippen LogP contribution in [0.3, 0.4) is 0 Å². The number of carbonyl (C=O) groups is 1. The highest BCUT2D eigenvalue weighted by atomic mass is 35.5. The van der Waals surface area contributed by atoms with Crippen LogP contribution in [-0.4, -0.2) is 35.5 Å². The van der Waals surface area contributed by atoms with Gasteiger partial charge in [-0.2, -0.15) is 0 Å².